The summed E-state index contributed by atoms with van der Waals surface area (Å²) in [5.74, 6) is 1.07. The first-order chi connectivity index (χ1) is 7.31. The highest BCUT2D eigenvalue weighted by atomic mass is 16.3. The number of nitrogens with zero attached hydrogens (tertiary/aromatic N) is 1. The molecule has 0 saturated carbocycles. The van der Waals surface area contributed by atoms with E-state index in [1.807, 2.05) is 12.1 Å². The molecule has 0 radical (unpaired) electrons. The van der Waals surface area contributed by atoms with Crippen LogP contribution in [-0.2, 0) is 0 Å². The largest absolute Gasteiger partial charge is 0.508 e. The highest BCUT2D eigenvalue weighted by Gasteiger charge is 2.01. The quantitative estimate of drug-likeness (QED) is 0.703. The monoisotopic (exact) mass is 203 g/mol. The van der Waals surface area contributed by atoms with Crippen molar-refractivity contribution in [2.75, 3.05) is 18.4 Å². The molecule has 2 aromatic rings. The summed E-state index contributed by atoms with van der Waals surface area (Å²) < 4.78 is 0. The Morgan fingerprint density at radius 3 is 3.00 bits per heavy atom. The van der Waals surface area contributed by atoms with Gasteiger partial charge in [-0.25, -0.2) is 4.98 Å². The average Bonchev–Trinajstić information content (AvgIpc) is 2.25. The van der Waals surface area contributed by atoms with Crippen LogP contribution in [0.15, 0.2) is 30.5 Å². The molecule has 78 valence electrons. The first kappa shape index (κ1) is 9.73. The van der Waals surface area contributed by atoms with Crippen molar-refractivity contribution in [1.29, 1.82) is 0 Å². The molecule has 1 heterocycles. The van der Waals surface area contributed by atoms with E-state index >= 15 is 0 Å². The molecule has 0 aliphatic carbocycles. The van der Waals surface area contributed by atoms with Crippen LogP contribution in [-0.4, -0.2) is 23.2 Å². The summed E-state index contributed by atoms with van der Waals surface area (Å²) in [5.41, 5.74) is 5.41. The molecule has 0 amide bonds. The molecular formula is C11H13N3O. The molecule has 0 aliphatic heterocycles. The van der Waals surface area contributed by atoms with E-state index in [1.165, 1.54) is 0 Å². The Labute approximate surface area is 87.7 Å². The molecule has 0 bridgehead atoms. The number of hydrogen-bond acceptors (Lipinski definition) is 4. The Morgan fingerprint density at radius 1 is 1.33 bits per heavy atom. The van der Waals surface area contributed by atoms with E-state index in [-0.39, 0.29) is 5.75 Å². The van der Waals surface area contributed by atoms with Gasteiger partial charge >= 0.3 is 0 Å². The molecule has 0 unspecified atom stereocenters. The Hall–Kier alpha value is -1.81. The summed E-state index contributed by atoms with van der Waals surface area (Å²) in [4.78, 5) is 4.23. The predicted molar refractivity (Wildman–Crippen MR) is 61.0 cm³/mol. The van der Waals surface area contributed by atoms with Crippen LogP contribution in [0, 0.1) is 0 Å². The molecule has 4 heteroatoms. The van der Waals surface area contributed by atoms with Gasteiger partial charge in [0.2, 0.25) is 0 Å². The van der Waals surface area contributed by atoms with E-state index < -0.39 is 0 Å². The maximum Gasteiger partial charge on any atom is 0.133 e. The molecule has 4 N–H and O–H groups in total. The van der Waals surface area contributed by atoms with E-state index in [1.54, 1.807) is 18.3 Å². The summed E-state index contributed by atoms with van der Waals surface area (Å²) in [6, 6.07) is 7.07. The van der Waals surface area contributed by atoms with Crippen LogP contribution >= 0.6 is 0 Å². The van der Waals surface area contributed by atoms with Crippen LogP contribution in [0.25, 0.3) is 10.8 Å². The third-order valence-corrected chi connectivity index (χ3v) is 2.18. The van der Waals surface area contributed by atoms with Gasteiger partial charge in [-0.3, -0.25) is 0 Å². The normalized spacial score (nSPS) is 10.5. The van der Waals surface area contributed by atoms with Crippen molar-refractivity contribution in [3.63, 3.8) is 0 Å². The zero-order chi connectivity index (χ0) is 10.7. The molecule has 2 rings (SSSR count). The molecule has 1 aromatic heterocycles. The zero-order valence-electron chi connectivity index (χ0n) is 8.27. The number of aromatic hydroxyl groups is 1. The molecule has 0 atom stereocenters. The second kappa shape index (κ2) is 4.14. The first-order valence-corrected chi connectivity index (χ1v) is 4.83. The van der Waals surface area contributed by atoms with Crippen molar-refractivity contribution < 1.29 is 5.11 Å². The molecule has 0 spiro atoms. The smallest absolute Gasteiger partial charge is 0.133 e. The minimum absolute atomic E-state index is 0.262. The van der Waals surface area contributed by atoms with Gasteiger partial charge in [0.1, 0.15) is 11.6 Å². The van der Waals surface area contributed by atoms with E-state index in [9.17, 15) is 5.11 Å². The molecule has 0 saturated heterocycles. The van der Waals surface area contributed by atoms with Crippen LogP contribution in [0.2, 0.25) is 0 Å². The molecule has 4 nitrogen and oxygen atoms in total. The van der Waals surface area contributed by atoms with E-state index in [0.29, 0.717) is 13.1 Å². The molecule has 0 aliphatic rings. The summed E-state index contributed by atoms with van der Waals surface area (Å²) >= 11 is 0. The van der Waals surface area contributed by atoms with Crippen molar-refractivity contribution in [1.82, 2.24) is 4.98 Å². The van der Waals surface area contributed by atoms with Crippen molar-refractivity contribution in [2.24, 2.45) is 5.73 Å². The van der Waals surface area contributed by atoms with Crippen molar-refractivity contribution in [3.05, 3.63) is 30.5 Å². The van der Waals surface area contributed by atoms with Gasteiger partial charge in [-0.05, 0) is 29.7 Å². The first-order valence-electron chi connectivity index (χ1n) is 4.83. The lowest BCUT2D eigenvalue weighted by atomic mass is 10.1. The third kappa shape index (κ3) is 1.99. The fourth-order valence-corrected chi connectivity index (χ4v) is 1.50. The summed E-state index contributed by atoms with van der Waals surface area (Å²) in [5, 5.41) is 14.4. The van der Waals surface area contributed by atoms with Gasteiger partial charge in [0.15, 0.2) is 0 Å². The second-order valence-corrected chi connectivity index (χ2v) is 3.28. The number of benzene rings is 1. The van der Waals surface area contributed by atoms with Crippen LogP contribution < -0.4 is 11.1 Å². The lowest BCUT2D eigenvalue weighted by Gasteiger charge is -2.07. The summed E-state index contributed by atoms with van der Waals surface area (Å²) in [7, 11) is 0. The second-order valence-electron chi connectivity index (χ2n) is 3.28. The molecular weight excluding hydrogens is 190 g/mol. The molecule has 15 heavy (non-hydrogen) atoms. The Morgan fingerprint density at radius 2 is 2.20 bits per heavy atom. The number of pyridine rings is 1. The molecule has 0 fully saturated rings. The van der Waals surface area contributed by atoms with E-state index in [0.717, 1.165) is 16.6 Å². The lowest BCUT2D eigenvalue weighted by molar-refractivity contribution is 0.476. The maximum absolute atomic E-state index is 9.34. The van der Waals surface area contributed by atoms with E-state index in [2.05, 4.69) is 10.3 Å². The fourth-order valence-electron chi connectivity index (χ4n) is 1.50. The number of nitrogens with two attached hydrogens (primary N) is 1. The van der Waals surface area contributed by atoms with Gasteiger partial charge in [-0.15, -0.1) is 0 Å². The lowest BCUT2D eigenvalue weighted by Crippen LogP contribution is -2.13. The van der Waals surface area contributed by atoms with Crippen LogP contribution in [0.3, 0.4) is 0 Å². The van der Waals surface area contributed by atoms with Gasteiger partial charge < -0.3 is 16.2 Å². The van der Waals surface area contributed by atoms with Gasteiger partial charge in [0, 0.05) is 24.7 Å². The molecule has 1 aromatic carbocycles. The van der Waals surface area contributed by atoms with Gasteiger partial charge in [-0.1, -0.05) is 0 Å². The number of nitrogens with one attached hydrogen (secondary N) is 1. The summed E-state index contributed by atoms with van der Waals surface area (Å²) in [6.45, 7) is 1.25. The number of aromatic nitrogens is 1. The fraction of sp³-hybridized carbons (Fsp3) is 0.182. The van der Waals surface area contributed by atoms with Crippen molar-refractivity contribution >= 4 is 16.6 Å². The third-order valence-electron chi connectivity index (χ3n) is 2.18. The minimum atomic E-state index is 0.262. The Kier molecular flexibility index (Phi) is 2.69. The SMILES string of the molecule is NCCNc1nccc2cc(O)ccc12. The summed E-state index contributed by atoms with van der Waals surface area (Å²) in [6.07, 6.45) is 1.71. The zero-order valence-corrected chi connectivity index (χ0v) is 8.27. The standard InChI is InChI=1S/C11H13N3O/c12-4-6-14-11-10-2-1-9(15)7-8(10)3-5-13-11/h1-3,5,7,15H,4,6,12H2,(H,13,14). The number of phenolic OH excluding ortho intramolecular Hbond substituents is 1. The van der Waals surface area contributed by atoms with Crippen LogP contribution in [0.1, 0.15) is 0 Å². The number of hydrogen-bond donors (Lipinski definition) is 3. The van der Waals surface area contributed by atoms with Crippen LogP contribution in [0.4, 0.5) is 5.82 Å². The highest BCUT2D eigenvalue weighted by Crippen LogP contribution is 2.24. The number of fused-ring (bicyclic) bond motifs is 1. The van der Waals surface area contributed by atoms with Gasteiger partial charge in [0.05, 0.1) is 0 Å². The highest BCUT2D eigenvalue weighted by molar-refractivity contribution is 5.92. The van der Waals surface area contributed by atoms with Crippen LogP contribution in [0.5, 0.6) is 5.75 Å². The van der Waals surface area contributed by atoms with Gasteiger partial charge in [-0.2, -0.15) is 0 Å². The predicted octanol–water partition coefficient (Wildman–Crippen LogP) is 1.31. The van der Waals surface area contributed by atoms with Crippen molar-refractivity contribution in [3.8, 4) is 5.75 Å². The number of rotatable bonds is 3. The number of phenols is 1. The topological polar surface area (TPSA) is 71.2 Å². The van der Waals surface area contributed by atoms with E-state index in [4.69, 9.17) is 5.73 Å². The Balaban J connectivity index is 2.46. The average molecular weight is 203 g/mol. The van der Waals surface area contributed by atoms with Gasteiger partial charge in [0.25, 0.3) is 0 Å². The minimum Gasteiger partial charge on any atom is -0.508 e. The maximum atomic E-state index is 9.34. The Bertz CT molecular complexity index is 470. The van der Waals surface area contributed by atoms with Crippen molar-refractivity contribution in [2.45, 2.75) is 0 Å². The number of anilines is 1.